The molecule has 7 heteroatoms. The average Bonchev–Trinajstić information content (AvgIpc) is 2.69. The monoisotopic (exact) mass is 400 g/mol. The quantitative estimate of drug-likeness (QED) is 0.803. The van der Waals surface area contributed by atoms with E-state index in [1.165, 1.54) is 0 Å². The number of sulfonamides is 1. The summed E-state index contributed by atoms with van der Waals surface area (Å²) in [6.07, 6.45) is 0.284. The van der Waals surface area contributed by atoms with E-state index in [0.29, 0.717) is 17.7 Å². The Balaban J connectivity index is 1.93. The third-order valence-electron chi connectivity index (χ3n) is 5.16. The molecule has 1 aliphatic heterocycles. The Hall–Kier alpha value is -2.24. The fourth-order valence-electron chi connectivity index (χ4n) is 3.32. The maximum absolute atomic E-state index is 12.3. The topological polar surface area (TPSA) is 99.4 Å². The molecule has 0 spiro atoms. The van der Waals surface area contributed by atoms with Gasteiger partial charge in [0, 0.05) is 13.0 Å². The van der Waals surface area contributed by atoms with Gasteiger partial charge in [0.1, 0.15) is 5.60 Å². The zero-order valence-electron chi connectivity index (χ0n) is 15.9. The van der Waals surface area contributed by atoms with Crippen molar-refractivity contribution < 1.29 is 18.3 Å². The first-order valence-electron chi connectivity index (χ1n) is 9.19. The van der Waals surface area contributed by atoms with Gasteiger partial charge in [0.2, 0.25) is 10.0 Å². The molecule has 148 valence electrons. The van der Waals surface area contributed by atoms with E-state index in [2.05, 4.69) is 10.8 Å². The zero-order chi connectivity index (χ0) is 20.4. The molecule has 6 nitrogen and oxygen atoms in total. The summed E-state index contributed by atoms with van der Waals surface area (Å²) in [5.41, 5.74) is 1.49. The van der Waals surface area contributed by atoms with E-state index in [-0.39, 0.29) is 13.0 Å². The van der Waals surface area contributed by atoms with Crippen LogP contribution < -0.4 is 4.72 Å². The van der Waals surface area contributed by atoms with Crippen molar-refractivity contribution in [2.24, 2.45) is 0 Å². The lowest BCUT2D eigenvalue weighted by Gasteiger charge is -2.40. The second-order valence-corrected chi connectivity index (χ2v) is 9.52. The Morgan fingerprint density at radius 3 is 2.54 bits per heavy atom. The summed E-state index contributed by atoms with van der Waals surface area (Å²) < 4.78 is 32.7. The molecule has 3 rings (SSSR count). The molecule has 1 heterocycles. The predicted octanol–water partition coefficient (Wildman–Crippen LogP) is 2.53. The molecule has 1 aliphatic rings. The Bertz CT molecular complexity index is 980. The Morgan fingerprint density at radius 2 is 1.89 bits per heavy atom. The number of nitrogens with zero attached hydrogens (tertiary/aromatic N) is 1. The van der Waals surface area contributed by atoms with E-state index >= 15 is 0 Å². The molecule has 1 fully saturated rings. The van der Waals surface area contributed by atoms with Crippen molar-refractivity contribution in [3.05, 3.63) is 59.7 Å². The van der Waals surface area contributed by atoms with E-state index < -0.39 is 26.9 Å². The average molecular weight is 401 g/mol. The van der Waals surface area contributed by atoms with E-state index in [1.807, 2.05) is 30.3 Å². The van der Waals surface area contributed by atoms with E-state index in [1.54, 1.807) is 32.0 Å². The molecule has 28 heavy (non-hydrogen) atoms. The van der Waals surface area contributed by atoms with Crippen LogP contribution in [0.5, 0.6) is 0 Å². The predicted molar refractivity (Wildman–Crippen MR) is 107 cm³/mol. The summed E-state index contributed by atoms with van der Waals surface area (Å²) in [5, 5.41) is 20.0. The summed E-state index contributed by atoms with van der Waals surface area (Å²) in [7, 11) is -3.56. The molecule has 0 aliphatic carbocycles. The zero-order valence-corrected chi connectivity index (χ0v) is 16.7. The van der Waals surface area contributed by atoms with Gasteiger partial charge in [0.25, 0.3) is 0 Å². The lowest BCUT2D eigenvalue weighted by atomic mass is 9.82. The minimum atomic E-state index is -3.56. The number of ether oxygens (including phenoxy) is 1. The third kappa shape index (κ3) is 3.96. The van der Waals surface area contributed by atoms with E-state index in [4.69, 9.17) is 4.74 Å². The minimum Gasteiger partial charge on any atom is -0.383 e. The first kappa shape index (κ1) is 20.5. The summed E-state index contributed by atoms with van der Waals surface area (Å²) in [4.78, 5) is 0. The summed E-state index contributed by atoms with van der Waals surface area (Å²) in [6, 6.07) is 16.0. The molecular weight excluding hydrogens is 376 g/mol. The highest BCUT2D eigenvalue weighted by Gasteiger charge is 2.43. The molecule has 0 amide bonds. The van der Waals surface area contributed by atoms with Crippen molar-refractivity contribution in [1.82, 2.24) is 4.72 Å². The second-order valence-electron chi connectivity index (χ2n) is 7.25. The fourth-order valence-corrected chi connectivity index (χ4v) is 4.25. The van der Waals surface area contributed by atoms with Crippen molar-refractivity contribution in [3.8, 4) is 17.2 Å². The third-order valence-corrected chi connectivity index (χ3v) is 7.01. The van der Waals surface area contributed by atoms with Crippen molar-refractivity contribution >= 4 is 10.0 Å². The molecule has 1 saturated heterocycles. The highest BCUT2D eigenvalue weighted by atomic mass is 32.2. The highest BCUT2D eigenvalue weighted by Crippen LogP contribution is 2.34. The number of benzene rings is 2. The molecule has 2 aromatic rings. The molecule has 0 saturated carbocycles. The number of hydrogen-bond acceptors (Lipinski definition) is 5. The van der Waals surface area contributed by atoms with Gasteiger partial charge in [-0.3, -0.25) is 0 Å². The molecule has 0 bridgehead atoms. The molecule has 0 radical (unpaired) electrons. The van der Waals surface area contributed by atoms with Crippen molar-refractivity contribution in [2.45, 2.75) is 37.2 Å². The molecule has 0 aromatic heterocycles. The van der Waals surface area contributed by atoms with Gasteiger partial charge in [0.15, 0.2) is 0 Å². The summed E-state index contributed by atoms with van der Waals surface area (Å²) >= 11 is 0. The first-order valence-corrected chi connectivity index (χ1v) is 10.7. The SMILES string of the molecule is CC(C)S(=O)(=O)N[C@@H]1COCC[C@@]1(O)c1ccc(-c2ccccc2C#N)cc1. The number of nitriles is 1. The standard InChI is InChI=1S/C21H24N2O4S/c1-15(2)28(25,26)23-20-14-27-12-11-21(20,24)18-9-7-16(8-10-18)19-6-4-3-5-17(19)13-22/h3-10,15,20,23-24H,11-12,14H2,1-2H3/t20-,21-/m1/s1. The van der Waals surface area contributed by atoms with Crippen LogP contribution in [0.3, 0.4) is 0 Å². The van der Waals surface area contributed by atoms with E-state index in [0.717, 1.165) is 11.1 Å². The lowest BCUT2D eigenvalue weighted by Crippen LogP contribution is -2.57. The lowest BCUT2D eigenvalue weighted by molar-refractivity contribution is -0.0898. The van der Waals surface area contributed by atoms with Crippen LogP contribution in [0.15, 0.2) is 48.5 Å². The van der Waals surface area contributed by atoms with Crippen LogP contribution in [-0.2, 0) is 20.4 Å². The summed E-state index contributed by atoms with van der Waals surface area (Å²) in [5.74, 6) is 0. The highest BCUT2D eigenvalue weighted by molar-refractivity contribution is 7.90. The van der Waals surface area contributed by atoms with Gasteiger partial charge in [-0.05, 0) is 36.6 Å². The van der Waals surface area contributed by atoms with Gasteiger partial charge >= 0.3 is 0 Å². The molecule has 2 aromatic carbocycles. The molecule has 0 unspecified atom stereocenters. The van der Waals surface area contributed by atoms with Gasteiger partial charge in [-0.15, -0.1) is 0 Å². The van der Waals surface area contributed by atoms with E-state index in [9.17, 15) is 18.8 Å². The number of rotatable bonds is 5. The van der Waals surface area contributed by atoms with Crippen LogP contribution in [0.2, 0.25) is 0 Å². The largest absolute Gasteiger partial charge is 0.383 e. The minimum absolute atomic E-state index is 0.0987. The second kappa shape index (κ2) is 8.02. The van der Waals surface area contributed by atoms with Crippen LogP contribution in [0.4, 0.5) is 0 Å². The smallest absolute Gasteiger partial charge is 0.214 e. The van der Waals surface area contributed by atoms with Gasteiger partial charge in [0.05, 0.1) is 29.5 Å². The van der Waals surface area contributed by atoms with Crippen molar-refractivity contribution in [1.29, 1.82) is 5.26 Å². The maximum Gasteiger partial charge on any atom is 0.214 e. The molecule has 2 N–H and O–H groups in total. The summed E-state index contributed by atoms with van der Waals surface area (Å²) in [6.45, 7) is 3.62. The Morgan fingerprint density at radius 1 is 1.21 bits per heavy atom. The number of hydrogen-bond donors (Lipinski definition) is 2. The molecular formula is C21H24N2O4S. The van der Waals surface area contributed by atoms with Crippen molar-refractivity contribution in [2.75, 3.05) is 13.2 Å². The number of aliphatic hydroxyl groups is 1. The fraction of sp³-hybridized carbons (Fsp3) is 0.381. The van der Waals surface area contributed by atoms with Crippen LogP contribution in [0, 0.1) is 11.3 Å². The van der Waals surface area contributed by atoms with Crippen LogP contribution in [0.1, 0.15) is 31.4 Å². The Labute approximate surface area is 165 Å². The Kier molecular flexibility index (Phi) is 5.87. The van der Waals surface area contributed by atoms with Crippen LogP contribution >= 0.6 is 0 Å². The molecule has 2 atom stereocenters. The maximum atomic E-state index is 12.3. The normalized spacial score (nSPS) is 22.8. The van der Waals surface area contributed by atoms with Gasteiger partial charge in [-0.1, -0.05) is 42.5 Å². The van der Waals surface area contributed by atoms with Gasteiger partial charge in [-0.2, -0.15) is 5.26 Å². The van der Waals surface area contributed by atoms with Gasteiger partial charge in [-0.25, -0.2) is 13.1 Å². The van der Waals surface area contributed by atoms with Gasteiger partial charge < -0.3 is 9.84 Å². The number of nitrogens with one attached hydrogen (secondary N) is 1. The van der Waals surface area contributed by atoms with Crippen LogP contribution in [-0.4, -0.2) is 38.0 Å². The van der Waals surface area contributed by atoms with Crippen molar-refractivity contribution in [3.63, 3.8) is 0 Å². The first-order chi connectivity index (χ1) is 13.3. The van der Waals surface area contributed by atoms with Crippen LogP contribution in [0.25, 0.3) is 11.1 Å².